The molecule has 0 saturated heterocycles. The van der Waals surface area contributed by atoms with Gasteiger partial charge in [-0.25, -0.2) is 15.4 Å². The van der Waals surface area contributed by atoms with Crippen molar-refractivity contribution in [2.45, 2.75) is 6.18 Å². The Morgan fingerprint density at radius 3 is 1.42 bits per heavy atom. The van der Waals surface area contributed by atoms with Gasteiger partial charge in [-0.3, -0.25) is 5.43 Å². The number of hydrogen-bond acceptors (Lipinski definition) is 3. The highest BCUT2D eigenvalue weighted by molar-refractivity contribution is 5.73. The number of carbonyl (C=O) groups is 2. The molecule has 0 heterocycles. The Balaban J connectivity index is 0. The van der Waals surface area contributed by atoms with Gasteiger partial charge in [-0.2, -0.15) is 13.2 Å². The molecule has 0 unspecified atom stereocenters. The maximum absolute atomic E-state index is 10.6. The lowest BCUT2D eigenvalue weighted by atomic mass is 10.7. The molecule has 0 saturated carbocycles. The van der Waals surface area contributed by atoms with Gasteiger partial charge in [0.15, 0.2) is 0 Å². The number of halogens is 3. The van der Waals surface area contributed by atoms with Crippen molar-refractivity contribution in [3.8, 4) is 0 Å². The molecule has 5 N–H and O–H groups in total. The highest BCUT2D eigenvalue weighted by Crippen LogP contribution is 2.13. The number of hydrazine groups is 1. The van der Waals surface area contributed by atoms with Crippen molar-refractivity contribution in [1.29, 1.82) is 0 Å². The number of aliphatic carboxylic acids is 1. The van der Waals surface area contributed by atoms with Crippen molar-refractivity contribution >= 4 is 12.1 Å². The van der Waals surface area contributed by atoms with Crippen LogP contribution in [0.1, 0.15) is 0 Å². The molecule has 0 bridgehead atoms. The lowest BCUT2D eigenvalue weighted by molar-refractivity contribution is -0.192. The molecule has 12 heavy (non-hydrogen) atoms. The molecule has 0 aromatic carbocycles. The summed E-state index contributed by atoms with van der Waals surface area (Å²) in [6.45, 7) is 0. The summed E-state index contributed by atoms with van der Waals surface area (Å²) in [5, 5.41) is 14.6. The first-order valence-corrected chi connectivity index (χ1v) is 2.21. The lowest BCUT2D eigenvalue weighted by Gasteiger charge is -1.93. The molecule has 0 rings (SSSR count). The van der Waals surface area contributed by atoms with Crippen LogP contribution >= 0.6 is 0 Å². The van der Waals surface area contributed by atoms with Gasteiger partial charge in [-0.05, 0) is 0 Å². The second kappa shape index (κ2) is 5.18. The van der Waals surface area contributed by atoms with Gasteiger partial charge >= 0.3 is 18.2 Å². The number of rotatable bonds is 0. The summed E-state index contributed by atoms with van der Waals surface area (Å²) >= 11 is 0. The smallest absolute Gasteiger partial charge is 0.475 e. The molecule has 0 aromatic rings. The summed E-state index contributed by atoms with van der Waals surface area (Å²) in [4.78, 5) is 18.0. The van der Waals surface area contributed by atoms with Gasteiger partial charge in [0.1, 0.15) is 0 Å². The summed E-state index contributed by atoms with van der Waals surface area (Å²) in [6, 6.07) is 0. The van der Waals surface area contributed by atoms with Gasteiger partial charge in [0.2, 0.25) is 0 Å². The van der Waals surface area contributed by atoms with E-state index < -0.39 is 18.2 Å². The van der Waals surface area contributed by atoms with Gasteiger partial charge in [0.25, 0.3) is 0 Å². The van der Waals surface area contributed by atoms with Crippen molar-refractivity contribution < 1.29 is 33.0 Å². The highest BCUT2D eigenvalue weighted by Gasteiger charge is 2.38. The Morgan fingerprint density at radius 2 is 1.42 bits per heavy atom. The van der Waals surface area contributed by atoms with Crippen molar-refractivity contribution in [2.75, 3.05) is 0 Å². The summed E-state index contributed by atoms with van der Waals surface area (Å²) in [5.41, 5.74) is 1.44. The first kappa shape index (κ1) is 13.1. The molecule has 0 atom stereocenters. The maximum atomic E-state index is 10.6. The van der Waals surface area contributed by atoms with E-state index in [2.05, 4.69) is 5.84 Å². The van der Waals surface area contributed by atoms with Crippen LogP contribution < -0.4 is 11.3 Å². The molecule has 1 amide bonds. The third-order valence-corrected chi connectivity index (χ3v) is 0.366. The van der Waals surface area contributed by atoms with Crippen LogP contribution in [-0.4, -0.2) is 28.5 Å². The SMILES string of the molecule is NNC(=O)O.O=C(O)C(F)(F)F. The minimum absolute atomic E-state index is 1.22. The number of hydrogen-bond donors (Lipinski definition) is 4. The fourth-order valence-electron chi connectivity index (χ4n) is 0. The zero-order valence-electron chi connectivity index (χ0n) is 5.42. The van der Waals surface area contributed by atoms with E-state index >= 15 is 0 Å². The Morgan fingerprint density at radius 1 is 1.25 bits per heavy atom. The average molecular weight is 190 g/mol. The van der Waals surface area contributed by atoms with E-state index in [0.29, 0.717) is 0 Å². The van der Waals surface area contributed by atoms with Crippen molar-refractivity contribution in [2.24, 2.45) is 5.84 Å². The molecule has 72 valence electrons. The van der Waals surface area contributed by atoms with Crippen LogP contribution in [0.15, 0.2) is 0 Å². The number of amides is 1. The van der Waals surface area contributed by atoms with Gasteiger partial charge in [0.05, 0.1) is 0 Å². The van der Waals surface area contributed by atoms with Crippen LogP contribution in [0, 0.1) is 0 Å². The molecular weight excluding hydrogens is 185 g/mol. The molecule has 9 heteroatoms. The molecule has 6 nitrogen and oxygen atoms in total. The predicted molar refractivity (Wildman–Crippen MR) is 29.0 cm³/mol. The molecule has 0 radical (unpaired) electrons. The fraction of sp³-hybridized carbons (Fsp3) is 0.333. The summed E-state index contributed by atoms with van der Waals surface area (Å²) < 4.78 is 31.7. The van der Waals surface area contributed by atoms with E-state index in [9.17, 15) is 13.2 Å². The lowest BCUT2D eigenvalue weighted by Crippen LogP contribution is -2.27. The zero-order chi connectivity index (χ0) is 10.4. The van der Waals surface area contributed by atoms with E-state index in [1.165, 1.54) is 5.43 Å². The van der Waals surface area contributed by atoms with Crippen molar-refractivity contribution in [1.82, 2.24) is 5.43 Å². The molecule has 0 spiro atoms. The van der Waals surface area contributed by atoms with Crippen molar-refractivity contribution in [3.05, 3.63) is 0 Å². The van der Waals surface area contributed by atoms with E-state index in [1.54, 1.807) is 0 Å². The second-order valence-electron chi connectivity index (χ2n) is 1.25. The number of nitrogens with two attached hydrogens (primary N) is 1. The molecule has 0 aliphatic heterocycles. The highest BCUT2D eigenvalue weighted by atomic mass is 19.4. The summed E-state index contributed by atoms with van der Waals surface area (Å²) in [5.74, 6) is 1.56. The third-order valence-electron chi connectivity index (χ3n) is 0.366. The first-order valence-electron chi connectivity index (χ1n) is 2.21. The Labute approximate surface area is 63.7 Å². The number of carboxylic acids is 1. The van der Waals surface area contributed by atoms with Crippen LogP contribution in [-0.2, 0) is 4.79 Å². The Kier molecular flexibility index (Phi) is 5.66. The van der Waals surface area contributed by atoms with E-state index in [-0.39, 0.29) is 0 Å². The molecule has 0 fully saturated rings. The average Bonchev–Trinajstić information content (AvgIpc) is 1.87. The largest absolute Gasteiger partial charge is 0.490 e. The minimum atomic E-state index is -5.08. The quantitative estimate of drug-likeness (QED) is 0.239. The maximum Gasteiger partial charge on any atom is 0.490 e. The Hall–Kier alpha value is -1.51. The summed E-state index contributed by atoms with van der Waals surface area (Å²) in [7, 11) is 0. The monoisotopic (exact) mass is 190 g/mol. The van der Waals surface area contributed by atoms with Crippen LogP contribution in [0.25, 0.3) is 0 Å². The first-order chi connectivity index (χ1) is 5.21. The Bertz CT molecular complexity index is 167. The van der Waals surface area contributed by atoms with Crippen molar-refractivity contribution in [3.63, 3.8) is 0 Å². The predicted octanol–water partition coefficient (Wildman–Crippen LogP) is -0.239. The van der Waals surface area contributed by atoms with Gasteiger partial charge in [-0.15, -0.1) is 0 Å². The van der Waals surface area contributed by atoms with Crippen LogP contribution in [0.5, 0.6) is 0 Å². The number of carboxylic acid groups (broad SMARTS) is 2. The fourth-order valence-corrected chi connectivity index (χ4v) is 0. The minimum Gasteiger partial charge on any atom is -0.475 e. The van der Waals surface area contributed by atoms with Crippen LogP contribution in [0.4, 0.5) is 18.0 Å². The van der Waals surface area contributed by atoms with E-state index in [4.69, 9.17) is 19.8 Å². The van der Waals surface area contributed by atoms with E-state index in [0.717, 1.165) is 0 Å². The number of nitrogens with one attached hydrogen (secondary N) is 1. The van der Waals surface area contributed by atoms with E-state index in [1.807, 2.05) is 0 Å². The summed E-state index contributed by atoms with van der Waals surface area (Å²) in [6.07, 6.45) is -6.30. The van der Waals surface area contributed by atoms with Crippen LogP contribution in [0.3, 0.4) is 0 Å². The molecular formula is C3H5F3N2O4. The molecule has 0 aliphatic rings. The zero-order valence-corrected chi connectivity index (χ0v) is 5.42. The van der Waals surface area contributed by atoms with Gasteiger partial charge in [-0.1, -0.05) is 0 Å². The third kappa shape index (κ3) is 11.3. The molecule has 0 aromatic heterocycles. The van der Waals surface area contributed by atoms with Gasteiger partial charge < -0.3 is 10.2 Å². The van der Waals surface area contributed by atoms with Crippen LogP contribution in [0.2, 0.25) is 0 Å². The number of alkyl halides is 3. The molecule has 0 aliphatic carbocycles. The normalized spacial score (nSPS) is 9.33. The standard InChI is InChI=1S/C2HF3O2.CH4N2O2/c3-2(4,5)1(6)7;2-3-1(4)5/h(H,6,7);3H,2H2,(H,4,5). The second-order valence-corrected chi connectivity index (χ2v) is 1.25. The van der Waals surface area contributed by atoms with Gasteiger partial charge in [0, 0.05) is 0 Å². The topological polar surface area (TPSA) is 113 Å².